The van der Waals surface area contributed by atoms with Crippen molar-refractivity contribution in [3.05, 3.63) is 83.7 Å². The van der Waals surface area contributed by atoms with Crippen LogP contribution in [-0.4, -0.2) is 22.0 Å². The third kappa shape index (κ3) is 3.84. The number of hydrogen-bond donors (Lipinski definition) is 3. The minimum absolute atomic E-state index is 0.0653. The second kappa shape index (κ2) is 7.55. The Balaban J connectivity index is 1.60. The number of nitrogens with one attached hydrogen (secondary N) is 2. The van der Waals surface area contributed by atoms with Crippen LogP contribution in [0.5, 0.6) is 0 Å². The molecule has 0 spiro atoms. The van der Waals surface area contributed by atoms with Gasteiger partial charge in [0, 0.05) is 22.2 Å². The number of carbonyl (C=O) groups is 2. The van der Waals surface area contributed by atoms with Crippen molar-refractivity contribution in [1.82, 2.24) is 10.2 Å². The van der Waals surface area contributed by atoms with Crippen LogP contribution in [0.2, 0.25) is 0 Å². The van der Waals surface area contributed by atoms with Crippen LogP contribution in [0.25, 0.3) is 22.2 Å². The molecule has 0 fully saturated rings. The van der Waals surface area contributed by atoms with E-state index in [1.165, 1.54) is 6.07 Å². The maximum Gasteiger partial charge on any atom is 0.248 e. The van der Waals surface area contributed by atoms with E-state index >= 15 is 0 Å². The molecule has 4 aromatic rings. The molecular formula is C22H17FN4O2. The van der Waals surface area contributed by atoms with Crippen molar-refractivity contribution < 1.29 is 14.0 Å². The number of carbonyl (C=O) groups excluding carboxylic acids is 2. The van der Waals surface area contributed by atoms with E-state index < -0.39 is 11.7 Å². The number of nitrogens with zero attached hydrogens (tertiary/aromatic N) is 1. The maximum absolute atomic E-state index is 13.8. The number of anilines is 1. The van der Waals surface area contributed by atoms with Crippen LogP contribution in [0.15, 0.2) is 66.7 Å². The van der Waals surface area contributed by atoms with Gasteiger partial charge in [-0.1, -0.05) is 30.3 Å². The molecule has 144 valence electrons. The van der Waals surface area contributed by atoms with Crippen LogP contribution in [0.1, 0.15) is 15.9 Å². The van der Waals surface area contributed by atoms with E-state index in [4.69, 9.17) is 5.73 Å². The molecule has 4 rings (SSSR count). The van der Waals surface area contributed by atoms with Crippen molar-refractivity contribution in [2.75, 3.05) is 5.32 Å². The van der Waals surface area contributed by atoms with Gasteiger partial charge in [-0.2, -0.15) is 5.10 Å². The van der Waals surface area contributed by atoms with Crippen molar-refractivity contribution >= 4 is 28.4 Å². The highest BCUT2D eigenvalue weighted by Crippen LogP contribution is 2.28. The molecule has 0 unspecified atom stereocenters. The maximum atomic E-state index is 13.8. The molecule has 1 heterocycles. The van der Waals surface area contributed by atoms with Crippen LogP contribution in [0.3, 0.4) is 0 Å². The zero-order valence-electron chi connectivity index (χ0n) is 15.3. The predicted molar refractivity (Wildman–Crippen MR) is 109 cm³/mol. The fraction of sp³-hybridized carbons (Fsp3) is 0.0455. The summed E-state index contributed by atoms with van der Waals surface area (Å²) in [5.74, 6) is -1.26. The Kier molecular flexibility index (Phi) is 4.78. The summed E-state index contributed by atoms with van der Waals surface area (Å²) in [5.41, 5.74) is 8.80. The van der Waals surface area contributed by atoms with Gasteiger partial charge in [0.25, 0.3) is 0 Å². The van der Waals surface area contributed by atoms with Crippen molar-refractivity contribution in [2.45, 2.75) is 6.42 Å². The minimum Gasteiger partial charge on any atom is -0.366 e. The highest BCUT2D eigenvalue weighted by Gasteiger charge is 2.12. The summed E-state index contributed by atoms with van der Waals surface area (Å²) < 4.78 is 13.8. The first-order valence-electron chi connectivity index (χ1n) is 8.93. The van der Waals surface area contributed by atoms with E-state index in [2.05, 4.69) is 15.5 Å². The Bertz CT molecular complexity index is 1230. The molecule has 29 heavy (non-hydrogen) atoms. The Hall–Kier alpha value is -4.00. The van der Waals surface area contributed by atoms with Gasteiger partial charge in [-0.05, 0) is 42.0 Å². The van der Waals surface area contributed by atoms with E-state index in [-0.39, 0.29) is 12.3 Å². The number of primary amides is 1. The van der Waals surface area contributed by atoms with Crippen LogP contribution in [0.4, 0.5) is 10.1 Å². The number of halogens is 1. The predicted octanol–water partition coefficient (Wildman–Crippen LogP) is 3.65. The van der Waals surface area contributed by atoms with E-state index in [0.29, 0.717) is 22.5 Å². The fourth-order valence-corrected chi connectivity index (χ4v) is 3.15. The molecule has 7 heteroatoms. The van der Waals surface area contributed by atoms with Gasteiger partial charge in [0.05, 0.1) is 17.6 Å². The Morgan fingerprint density at radius 3 is 2.66 bits per heavy atom. The molecule has 0 aliphatic carbocycles. The largest absolute Gasteiger partial charge is 0.366 e. The van der Waals surface area contributed by atoms with E-state index in [0.717, 1.165) is 16.5 Å². The first-order valence-corrected chi connectivity index (χ1v) is 8.93. The lowest BCUT2D eigenvalue weighted by molar-refractivity contribution is -0.115. The number of hydrogen-bond acceptors (Lipinski definition) is 3. The number of aromatic nitrogens is 2. The lowest BCUT2D eigenvalue weighted by Gasteiger charge is -2.08. The monoisotopic (exact) mass is 388 g/mol. The number of aromatic amines is 1. The van der Waals surface area contributed by atoms with Gasteiger partial charge in [0.15, 0.2) is 0 Å². The van der Waals surface area contributed by atoms with Gasteiger partial charge >= 0.3 is 0 Å². The van der Waals surface area contributed by atoms with E-state index in [9.17, 15) is 14.0 Å². The number of fused-ring (bicyclic) bond motifs is 1. The van der Waals surface area contributed by atoms with Crippen LogP contribution < -0.4 is 11.1 Å². The van der Waals surface area contributed by atoms with Crippen LogP contribution >= 0.6 is 0 Å². The van der Waals surface area contributed by atoms with Gasteiger partial charge < -0.3 is 11.1 Å². The molecule has 0 bridgehead atoms. The molecule has 2 amide bonds. The molecule has 0 aliphatic rings. The lowest BCUT2D eigenvalue weighted by atomic mass is 10.0. The fourth-order valence-electron chi connectivity index (χ4n) is 3.15. The minimum atomic E-state index is -0.520. The third-order valence-corrected chi connectivity index (χ3v) is 4.58. The average molecular weight is 388 g/mol. The van der Waals surface area contributed by atoms with Gasteiger partial charge in [0.1, 0.15) is 5.82 Å². The molecule has 0 radical (unpaired) electrons. The van der Waals surface area contributed by atoms with Crippen molar-refractivity contribution in [3.8, 4) is 11.3 Å². The zero-order valence-corrected chi connectivity index (χ0v) is 15.3. The Labute approximate surface area is 165 Å². The Morgan fingerprint density at radius 1 is 1.03 bits per heavy atom. The molecule has 3 aromatic carbocycles. The molecule has 0 atom stereocenters. The average Bonchev–Trinajstić information content (AvgIpc) is 3.13. The van der Waals surface area contributed by atoms with Crippen molar-refractivity contribution in [1.29, 1.82) is 0 Å². The normalized spacial score (nSPS) is 10.8. The van der Waals surface area contributed by atoms with Gasteiger partial charge in [-0.25, -0.2) is 4.39 Å². The van der Waals surface area contributed by atoms with E-state index in [1.54, 1.807) is 54.6 Å². The van der Waals surface area contributed by atoms with Gasteiger partial charge in [-0.3, -0.25) is 14.7 Å². The third-order valence-electron chi connectivity index (χ3n) is 4.58. The summed E-state index contributed by atoms with van der Waals surface area (Å²) in [7, 11) is 0. The second-order valence-corrected chi connectivity index (χ2v) is 6.59. The van der Waals surface area contributed by atoms with E-state index in [1.807, 2.05) is 6.07 Å². The number of nitrogens with two attached hydrogens (primary N) is 1. The first-order chi connectivity index (χ1) is 14.0. The summed E-state index contributed by atoms with van der Waals surface area (Å²) in [5, 5.41) is 10.8. The summed E-state index contributed by atoms with van der Waals surface area (Å²) in [4.78, 5) is 23.8. The molecule has 0 saturated carbocycles. The van der Waals surface area contributed by atoms with Gasteiger partial charge in [-0.15, -0.1) is 0 Å². The summed E-state index contributed by atoms with van der Waals surface area (Å²) >= 11 is 0. The van der Waals surface area contributed by atoms with Crippen LogP contribution in [-0.2, 0) is 11.2 Å². The standard InChI is InChI=1S/C22H17FN4O2/c23-18-7-2-1-4-13(18)12-20(28)25-16-6-3-5-14(10-16)21-17-11-15(22(24)29)8-9-19(17)26-27-21/h1-11H,12H2,(H2,24,29)(H,25,28)(H,26,27). The highest BCUT2D eigenvalue weighted by atomic mass is 19.1. The van der Waals surface area contributed by atoms with Crippen LogP contribution in [0, 0.1) is 5.82 Å². The highest BCUT2D eigenvalue weighted by molar-refractivity contribution is 6.01. The van der Waals surface area contributed by atoms with Crippen molar-refractivity contribution in [3.63, 3.8) is 0 Å². The van der Waals surface area contributed by atoms with Gasteiger partial charge in [0.2, 0.25) is 11.8 Å². The summed E-state index contributed by atoms with van der Waals surface area (Å²) in [6.45, 7) is 0. The summed E-state index contributed by atoms with van der Waals surface area (Å²) in [6, 6.07) is 18.4. The first kappa shape index (κ1) is 18.4. The second-order valence-electron chi connectivity index (χ2n) is 6.59. The lowest BCUT2D eigenvalue weighted by Crippen LogP contribution is -2.15. The zero-order chi connectivity index (χ0) is 20.4. The topological polar surface area (TPSA) is 101 Å². The molecular weight excluding hydrogens is 371 g/mol. The number of rotatable bonds is 5. The smallest absolute Gasteiger partial charge is 0.248 e. The number of H-pyrrole nitrogens is 1. The molecule has 1 aromatic heterocycles. The molecule has 0 aliphatic heterocycles. The molecule has 4 N–H and O–H groups in total. The Morgan fingerprint density at radius 2 is 1.86 bits per heavy atom. The SMILES string of the molecule is NC(=O)c1ccc2[nH]nc(-c3cccc(NC(=O)Cc4ccccc4F)c3)c2c1. The summed E-state index contributed by atoms with van der Waals surface area (Å²) in [6.07, 6.45) is -0.0653. The van der Waals surface area contributed by atoms with Crippen molar-refractivity contribution in [2.24, 2.45) is 5.73 Å². The number of benzene rings is 3. The molecule has 6 nitrogen and oxygen atoms in total. The number of amides is 2. The molecule has 0 saturated heterocycles. The quantitative estimate of drug-likeness (QED) is 0.486.